The maximum Gasteiger partial charge on any atom is 0.508 e. The van der Waals surface area contributed by atoms with E-state index in [0.29, 0.717) is 83.6 Å². The van der Waals surface area contributed by atoms with Crippen molar-refractivity contribution in [3.8, 4) is 0 Å². The van der Waals surface area contributed by atoms with Gasteiger partial charge in [-0.1, -0.05) is 47.6 Å². The monoisotopic (exact) mass is 683 g/mol. The highest BCUT2D eigenvalue weighted by Gasteiger charge is 2.22. The molecule has 0 fully saturated rings. The Morgan fingerprint density at radius 1 is 0.667 bits per heavy atom. The van der Waals surface area contributed by atoms with E-state index in [9.17, 15) is 24.3 Å². The summed E-state index contributed by atoms with van der Waals surface area (Å²) in [7, 11) is 0. The Bertz CT molecular complexity index is 950. The molecule has 11 nitrogen and oxygen atoms in total. The second-order valence-electron chi connectivity index (χ2n) is 14.7. The fourth-order valence-electron chi connectivity index (χ4n) is 4.58. The number of hydrogen-bond donors (Lipinski definition) is 5. The second-order valence-corrected chi connectivity index (χ2v) is 14.7. The molecule has 0 aromatic rings. The van der Waals surface area contributed by atoms with Crippen molar-refractivity contribution in [2.24, 2.45) is 16.7 Å². The summed E-state index contributed by atoms with van der Waals surface area (Å²) in [4.78, 5) is 48.2. The van der Waals surface area contributed by atoms with Crippen molar-refractivity contribution < 1.29 is 33.8 Å². The smallest absolute Gasteiger partial charge is 0.434 e. The molecule has 0 saturated carbocycles. The van der Waals surface area contributed by atoms with Gasteiger partial charge in [-0.15, -0.1) is 0 Å². The summed E-state index contributed by atoms with van der Waals surface area (Å²) in [5, 5.41) is 21.6. The van der Waals surface area contributed by atoms with Crippen LogP contribution in [0.15, 0.2) is 11.6 Å². The lowest BCUT2D eigenvalue weighted by Gasteiger charge is -2.29. The van der Waals surface area contributed by atoms with Crippen molar-refractivity contribution in [1.82, 2.24) is 21.3 Å². The first-order valence-corrected chi connectivity index (χ1v) is 18.2. The maximum atomic E-state index is 12.3. The van der Waals surface area contributed by atoms with Crippen LogP contribution < -0.4 is 21.3 Å². The zero-order valence-corrected chi connectivity index (χ0v) is 31.6. The second kappa shape index (κ2) is 26.2. The number of ether oxygens (including phenoxy) is 2. The van der Waals surface area contributed by atoms with Gasteiger partial charge in [-0.05, 0) is 107 Å². The van der Waals surface area contributed by atoms with E-state index in [-0.39, 0.29) is 35.2 Å². The SMILES string of the molecule is CC=C(C)C(O)NCCCCNC(=O)CCCCC(=O)NCCCCNC(=O)CCC(C)(C)CCOC(=O)OCCCC(C)(C)C(C)C. The van der Waals surface area contributed by atoms with Crippen LogP contribution in [-0.2, 0) is 23.9 Å². The first-order valence-electron chi connectivity index (χ1n) is 18.2. The van der Waals surface area contributed by atoms with Crippen LogP contribution in [0.1, 0.15) is 139 Å². The van der Waals surface area contributed by atoms with Gasteiger partial charge in [0, 0.05) is 38.9 Å². The summed E-state index contributed by atoms with van der Waals surface area (Å²) in [6, 6.07) is 0. The van der Waals surface area contributed by atoms with Crippen LogP contribution in [0.25, 0.3) is 0 Å². The van der Waals surface area contributed by atoms with E-state index in [1.165, 1.54) is 0 Å². The largest absolute Gasteiger partial charge is 0.508 e. The molecule has 0 radical (unpaired) electrons. The number of rotatable bonds is 28. The lowest BCUT2D eigenvalue weighted by molar-refractivity contribution is -0.123. The number of nitrogens with one attached hydrogen (secondary N) is 4. The summed E-state index contributed by atoms with van der Waals surface area (Å²) in [5.41, 5.74) is 0.949. The van der Waals surface area contributed by atoms with Gasteiger partial charge >= 0.3 is 6.16 Å². The average Bonchev–Trinajstić information content (AvgIpc) is 3.03. The lowest BCUT2D eigenvalue weighted by atomic mass is 9.77. The fraction of sp³-hybridized carbons (Fsp3) is 0.838. The molecule has 0 aliphatic rings. The number of aliphatic hydroxyl groups is 1. The zero-order valence-electron chi connectivity index (χ0n) is 31.6. The first kappa shape index (κ1) is 45.3. The van der Waals surface area contributed by atoms with Crippen LogP contribution in [0, 0.1) is 16.7 Å². The number of unbranched alkanes of at least 4 members (excludes halogenated alkanes) is 3. The quantitative estimate of drug-likeness (QED) is 0.0285. The zero-order chi connectivity index (χ0) is 36.4. The molecule has 0 aromatic carbocycles. The topological polar surface area (TPSA) is 155 Å². The molecule has 0 bridgehead atoms. The summed E-state index contributed by atoms with van der Waals surface area (Å²) in [6.45, 7) is 19.7. The molecule has 0 spiro atoms. The van der Waals surface area contributed by atoms with Crippen molar-refractivity contribution in [3.05, 3.63) is 11.6 Å². The minimum atomic E-state index is -0.632. The summed E-state index contributed by atoms with van der Waals surface area (Å²) < 4.78 is 10.4. The van der Waals surface area contributed by atoms with E-state index < -0.39 is 12.4 Å². The molecule has 11 heteroatoms. The van der Waals surface area contributed by atoms with Crippen molar-refractivity contribution in [2.45, 2.75) is 145 Å². The third-order valence-corrected chi connectivity index (χ3v) is 9.23. The lowest BCUT2D eigenvalue weighted by Crippen LogP contribution is -2.31. The number of amides is 3. The Labute approximate surface area is 291 Å². The van der Waals surface area contributed by atoms with Gasteiger partial charge in [0.05, 0.1) is 13.2 Å². The van der Waals surface area contributed by atoms with Gasteiger partial charge in [0.25, 0.3) is 0 Å². The van der Waals surface area contributed by atoms with Crippen molar-refractivity contribution in [3.63, 3.8) is 0 Å². The minimum Gasteiger partial charge on any atom is -0.434 e. The molecule has 5 N–H and O–H groups in total. The predicted molar refractivity (Wildman–Crippen MR) is 192 cm³/mol. The van der Waals surface area contributed by atoms with E-state index in [2.05, 4.69) is 62.8 Å². The number of allylic oxidation sites excluding steroid dienone is 1. The van der Waals surface area contributed by atoms with Gasteiger partial charge in [0.2, 0.25) is 17.7 Å². The molecular weight excluding hydrogens is 612 g/mol. The van der Waals surface area contributed by atoms with Gasteiger partial charge in [-0.2, -0.15) is 0 Å². The standard InChI is InChI=1S/C37H70N4O7/c1-9-30(4)34(45)41-26-15-14-24-39-32(43)18-11-10-17-31(42)38-23-12-13-25-40-33(44)19-21-36(5,6)22-28-48-35(46)47-27-16-20-37(7,8)29(2)3/h9,29,34,41,45H,10-28H2,1-8H3,(H,38,42)(H,39,43)(H,40,44). The summed E-state index contributed by atoms with van der Waals surface area (Å²) in [6.07, 6.45) is 9.49. The van der Waals surface area contributed by atoms with Gasteiger partial charge in [0.1, 0.15) is 6.23 Å². The summed E-state index contributed by atoms with van der Waals surface area (Å²) in [5.74, 6) is 0.535. The van der Waals surface area contributed by atoms with E-state index in [1.54, 1.807) is 0 Å². The molecule has 0 rings (SSSR count). The van der Waals surface area contributed by atoms with Crippen LogP contribution in [0.2, 0.25) is 0 Å². The highest BCUT2D eigenvalue weighted by Crippen LogP contribution is 2.31. The molecule has 0 saturated heterocycles. The van der Waals surface area contributed by atoms with E-state index in [4.69, 9.17) is 9.47 Å². The first-order chi connectivity index (χ1) is 22.6. The molecule has 3 amide bonds. The molecule has 0 aliphatic carbocycles. The molecule has 48 heavy (non-hydrogen) atoms. The summed E-state index contributed by atoms with van der Waals surface area (Å²) >= 11 is 0. The highest BCUT2D eigenvalue weighted by molar-refractivity contribution is 5.77. The Balaban J connectivity index is 3.75. The maximum absolute atomic E-state index is 12.3. The van der Waals surface area contributed by atoms with Crippen molar-refractivity contribution in [1.29, 1.82) is 0 Å². The third-order valence-electron chi connectivity index (χ3n) is 9.23. The Kier molecular flexibility index (Phi) is 24.8. The average molecular weight is 683 g/mol. The van der Waals surface area contributed by atoms with Gasteiger partial charge < -0.3 is 30.5 Å². The third kappa shape index (κ3) is 25.4. The van der Waals surface area contributed by atoms with E-state index >= 15 is 0 Å². The predicted octanol–water partition coefficient (Wildman–Crippen LogP) is 6.14. The molecule has 1 atom stereocenters. The molecule has 0 aliphatic heterocycles. The molecule has 0 heterocycles. The van der Waals surface area contributed by atoms with Crippen LogP contribution in [0.3, 0.4) is 0 Å². The van der Waals surface area contributed by atoms with Crippen LogP contribution in [0.5, 0.6) is 0 Å². The Morgan fingerprint density at radius 3 is 1.65 bits per heavy atom. The highest BCUT2D eigenvalue weighted by atomic mass is 16.7. The van der Waals surface area contributed by atoms with Crippen LogP contribution in [-0.4, -0.2) is 74.6 Å². The Hall–Kier alpha value is -2.66. The molecule has 1 unspecified atom stereocenters. The molecule has 280 valence electrons. The van der Waals surface area contributed by atoms with Crippen molar-refractivity contribution >= 4 is 23.9 Å². The minimum absolute atomic E-state index is 0.00248. The molecule has 0 aromatic heterocycles. The Morgan fingerprint density at radius 2 is 1.15 bits per heavy atom. The number of carbonyl (C=O) groups excluding carboxylic acids is 4. The van der Waals surface area contributed by atoms with Gasteiger partial charge in [-0.3, -0.25) is 19.7 Å². The van der Waals surface area contributed by atoms with E-state index in [0.717, 1.165) is 44.1 Å². The number of hydrogen-bond acceptors (Lipinski definition) is 8. The molecular formula is C37H70N4O7. The normalized spacial score (nSPS) is 12.8. The van der Waals surface area contributed by atoms with Crippen LogP contribution in [0.4, 0.5) is 4.79 Å². The number of carbonyl (C=O) groups is 4. The van der Waals surface area contributed by atoms with Gasteiger partial charge in [0.15, 0.2) is 0 Å². The van der Waals surface area contributed by atoms with Crippen LogP contribution >= 0.6 is 0 Å². The van der Waals surface area contributed by atoms with E-state index in [1.807, 2.05) is 19.9 Å². The number of aliphatic hydroxyl groups excluding tert-OH is 1. The fourth-order valence-corrected chi connectivity index (χ4v) is 4.58. The van der Waals surface area contributed by atoms with Gasteiger partial charge in [-0.25, -0.2) is 4.79 Å². The van der Waals surface area contributed by atoms with Crippen molar-refractivity contribution in [2.75, 3.05) is 39.4 Å².